The Morgan fingerprint density at radius 3 is 2.75 bits per heavy atom. The Balaban J connectivity index is 2.05. The zero-order valence-electron chi connectivity index (χ0n) is 5.33. The summed E-state index contributed by atoms with van der Waals surface area (Å²) >= 11 is 0. The minimum atomic E-state index is 1.07. The predicted molar refractivity (Wildman–Crippen MR) is 35.2 cm³/mol. The first kappa shape index (κ1) is 5.69. The van der Waals surface area contributed by atoms with Crippen LogP contribution in [-0.4, -0.2) is 0 Å². The Labute approximate surface area is 51.3 Å². The van der Waals surface area contributed by atoms with Crippen molar-refractivity contribution in [2.24, 2.45) is 0 Å². The number of unbranched alkanes of at least 4 members (excludes halogenated alkanes) is 1. The lowest BCUT2D eigenvalue weighted by Crippen LogP contribution is -1.62. The van der Waals surface area contributed by atoms with Crippen molar-refractivity contribution >= 4 is 0 Å². The van der Waals surface area contributed by atoms with Gasteiger partial charge in [0.05, 0.1) is 0 Å². The zero-order chi connectivity index (χ0) is 5.82. The van der Waals surface area contributed by atoms with E-state index in [0.717, 1.165) is 6.42 Å². The molecule has 8 heavy (non-hydrogen) atoms. The molecule has 1 radical (unpaired) electrons. The van der Waals surface area contributed by atoms with E-state index >= 15 is 0 Å². The molecule has 1 fully saturated rings. The Morgan fingerprint density at radius 1 is 1.50 bits per heavy atom. The van der Waals surface area contributed by atoms with Crippen molar-refractivity contribution in [1.82, 2.24) is 0 Å². The molecule has 0 aromatic carbocycles. The Kier molecular flexibility index (Phi) is 1.97. The van der Waals surface area contributed by atoms with Gasteiger partial charge in [-0.3, -0.25) is 0 Å². The largest absolute Gasteiger partial charge is 0.103 e. The van der Waals surface area contributed by atoms with E-state index in [4.69, 9.17) is 0 Å². The van der Waals surface area contributed by atoms with Crippen molar-refractivity contribution in [2.75, 3.05) is 0 Å². The Morgan fingerprint density at radius 2 is 2.25 bits per heavy atom. The van der Waals surface area contributed by atoms with Gasteiger partial charge >= 0.3 is 0 Å². The predicted octanol–water partition coefficient (Wildman–Crippen LogP) is 2.16. The van der Waals surface area contributed by atoms with E-state index in [1.807, 2.05) is 0 Å². The van der Waals surface area contributed by atoms with Gasteiger partial charge in [-0.05, 0) is 19.3 Å². The molecule has 43 valence electrons. The SMILES string of the molecule is CCCC#C[C]1CC1. The average Bonchev–Trinajstić information content (AvgIpc) is 2.51. The molecule has 0 spiro atoms. The molecule has 0 amide bonds. The van der Waals surface area contributed by atoms with Crippen molar-refractivity contribution in [1.29, 1.82) is 0 Å². The van der Waals surface area contributed by atoms with Gasteiger partial charge in [0.1, 0.15) is 0 Å². The van der Waals surface area contributed by atoms with E-state index in [0.29, 0.717) is 0 Å². The highest BCUT2D eigenvalue weighted by atomic mass is 14.2. The van der Waals surface area contributed by atoms with E-state index in [1.165, 1.54) is 25.2 Å². The third-order valence-corrected chi connectivity index (χ3v) is 1.14. The molecule has 0 bridgehead atoms. The number of hydrogen-bond donors (Lipinski definition) is 0. The monoisotopic (exact) mass is 107 g/mol. The molecule has 0 saturated heterocycles. The highest BCUT2D eigenvalue weighted by Gasteiger charge is 2.18. The molecule has 0 heteroatoms. The smallest absolute Gasteiger partial charge is 0.0481 e. The van der Waals surface area contributed by atoms with E-state index in [1.54, 1.807) is 0 Å². The summed E-state index contributed by atoms with van der Waals surface area (Å²) in [6.45, 7) is 2.16. The summed E-state index contributed by atoms with van der Waals surface area (Å²) in [5.74, 6) is 7.69. The van der Waals surface area contributed by atoms with Gasteiger partial charge in [-0.15, -0.1) is 5.92 Å². The number of hydrogen-bond acceptors (Lipinski definition) is 0. The first-order valence-electron chi connectivity index (χ1n) is 3.27. The standard InChI is InChI=1S/C8H11/c1-2-3-4-5-8-6-7-8/h2-3,6-7H2,1H3. The van der Waals surface area contributed by atoms with E-state index < -0.39 is 0 Å². The van der Waals surface area contributed by atoms with Crippen LogP contribution in [-0.2, 0) is 0 Å². The minimum Gasteiger partial charge on any atom is -0.103 e. The third kappa shape index (κ3) is 2.02. The minimum absolute atomic E-state index is 1.07. The maximum Gasteiger partial charge on any atom is 0.0481 e. The molecule has 1 rings (SSSR count). The van der Waals surface area contributed by atoms with Crippen LogP contribution in [0.1, 0.15) is 32.6 Å². The van der Waals surface area contributed by atoms with Crippen LogP contribution in [0.3, 0.4) is 0 Å². The number of rotatable bonds is 1. The lowest BCUT2D eigenvalue weighted by molar-refractivity contribution is 0.983. The molecule has 0 aromatic rings. The topological polar surface area (TPSA) is 0 Å². The van der Waals surface area contributed by atoms with Crippen molar-refractivity contribution < 1.29 is 0 Å². The van der Waals surface area contributed by atoms with Gasteiger partial charge in [0.2, 0.25) is 0 Å². The lowest BCUT2D eigenvalue weighted by Gasteiger charge is -1.75. The fourth-order valence-electron chi connectivity index (χ4n) is 0.500. The Hall–Kier alpha value is -0.440. The molecule has 0 unspecified atom stereocenters. The van der Waals surface area contributed by atoms with E-state index in [2.05, 4.69) is 18.8 Å². The van der Waals surface area contributed by atoms with Crippen molar-refractivity contribution in [3.05, 3.63) is 5.92 Å². The molecule has 1 aliphatic rings. The maximum absolute atomic E-state index is 3.12. The van der Waals surface area contributed by atoms with Crippen molar-refractivity contribution in [3.63, 3.8) is 0 Å². The first-order valence-corrected chi connectivity index (χ1v) is 3.27. The van der Waals surface area contributed by atoms with Gasteiger partial charge in [-0.2, -0.15) is 0 Å². The van der Waals surface area contributed by atoms with Crippen LogP contribution in [0.25, 0.3) is 0 Å². The highest BCUT2D eigenvalue weighted by Crippen LogP contribution is 2.30. The van der Waals surface area contributed by atoms with Crippen LogP contribution in [0, 0.1) is 17.8 Å². The molecule has 0 N–H and O–H groups in total. The highest BCUT2D eigenvalue weighted by molar-refractivity contribution is 5.30. The van der Waals surface area contributed by atoms with Crippen molar-refractivity contribution in [3.8, 4) is 11.8 Å². The molecular weight excluding hydrogens is 96.1 g/mol. The first-order chi connectivity index (χ1) is 3.93. The van der Waals surface area contributed by atoms with Gasteiger partial charge in [0.15, 0.2) is 0 Å². The van der Waals surface area contributed by atoms with Gasteiger partial charge in [0, 0.05) is 12.3 Å². The summed E-state index contributed by atoms with van der Waals surface area (Å²) in [6, 6.07) is 0. The maximum atomic E-state index is 3.12. The fourth-order valence-corrected chi connectivity index (χ4v) is 0.500. The molecule has 0 aliphatic heterocycles. The Bertz CT molecular complexity index is 110. The van der Waals surface area contributed by atoms with Crippen LogP contribution in [0.15, 0.2) is 0 Å². The van der Waals surface area contributed by atoms with Crippen molar-refractivity contribution in [2.45, 2.75) is 32.6 Å². The van der Waals surface area contributed by atoms with Crippen LogP contribution in [0.5, 0.6) is 0 Å². The molecule has 1 saturated carbocycles. The fraction of sp³-hybridized carbons (Fsp3) is 0.625. The second-order valence-electron chi connectivity index (χ2n) is 2.16. The summed E-state index contributed by atoms with van der Waals surface area (Å²) in [5, 5.41) is 0. The summed E-state index contributed by atoms with van der Waals surface area (Å²) in [5.41, 5.74) is 0. The molecule has 0 aromatic heterocycles. The molecular formula is C8H11. The summed E-state index contributed by atoms with van der Waals surface area (Å²) < 4.78 is 0. The van der Waals surface area contributed by atoms with Crippen LogP contribution in [0.4, 0.5) is 0 Å². The van der Waals surface area contributed by atoms with Gasteiger partial charge in [-0.1, -0.05) is 12.8 Å². The summed E-state index contributed by atoms with van der Waals surface area (Å²) in [6.07, 6.45) is 4.82. The van der Waals surface area contributed by atoms with Crippen LogP contribution >= 0.6 is 0 Å². The second kappa shape index (κ2) is 2.77. The molecule has 0 atom stereocenters. The quantitative estimate of drug-likeness (QED) is 0.450. The normalized spacial score (nSPS) is 17.1. The van der Waals surface area contributed by atoms with Crippen LogP contribution in [0.2, 0.25) is 0 Å². The summed E-state index contributed by atoms with van der Waals surface area (Å²) in [4.78, 5) is 0. The van der Waals surface area contributed by atoms with Gasteiger partial charge in [-0.25, -0.2) is 0 Å². The second-order valence-corrected chi connectivity index (χ2v) is 2.16. The van der Waals surface area contributed by atoms with Gasteiger partial charge < -0.3 is 0 Å². The third-order valence-electron chi connectivity index (χ3n) is 1.14. The van der Waals surface area contributed by atoms with Crippen LogP contribution < -0.4 is 0 Å². The van der Waals surface area contributed by atoms with E-state index in [9.17, 15) is 0 Å². The van der Waals surface area contributed by atoms with E-state index in [-0.39, 0.29) is 0 Å². The molecule has 1 aliphatic carbocycles. The average molecular weight is 107 g/mol. The molecule has 0 heterocycles. The molecule has 0 nitrogen and oxygen atoms in total. The zero-order valence-corrected chi connectivity index (χ0v) is 5.33. The summed E-state index contributed by atoms with van der Waals surface area (Å²) in [7, 11) is 0. The van der Waals surface area contributed by atoms with Gasteiger partial charge in [0.25, 0.3) is 0 Å². The lowest BCUT2D eigenvalue weighted by atomic mass is 10.3.